The zero-order chi connectivity index (χ0) is 14.8. The Kier molecular flexibility index (Phi) is 3.64. The monoisotopic (exact) mass is 284 g/mol. The quantitative estimate of drug-likeness (QED) is 0.845. The summed E-state index contributed by atoms with van der Waals surface area (Å²) in [6, 6.07) is 6.39. The molecule has 1 aliphatic carbocycles. The van der Waals surface area contributed by atoms with Gasteiger partial charge in [-0.2, -0.15) is 0 Å². The standard InChI is InChI=1S/C16H20N4O/c1-3-21-16-10(2)15(18-9-19-16)20-14-7-4-11-8-12(17)5-6-13(11)14/h5-6,8-9,14H,3-4,7,17H2,1-2H3,(H,18,19,20). The van der Waals surface area contributed by atoms with Crippen molar-refractivity contribution in [3.63, 3.8) is 0 Å². The highest BCUT2D eigenvalue weighted by atomic mass is 16.5. The smallest absolute Gasteiger partial charge is 0.221 e. The summed E-state index contributed by atoms with van der Waals surface area (Å²) in [7, 11) is 0. The van der Waals surface area contributed by atoms with Gasteiger partial charge in [0.25, 0.3) is 0 Å². The number of hydrogen-bond donors (Lipinski definition) is 2. The summed E-state index contributed by atoms with van der Waals surface area (Å²) in [5.41, 5.74) is 10.3. The van der Waals surface area contributed by atoms with Crippen LogP contribution in [0.15, 0.2) is 24.5 Å². The molecule has 0 bridgehead atoms. The molecular weight excluding hydrogens is 264 g/mol. The van der Waals surface area contributed by atoms with Crippen LogP contribution in [0.3, 0.4) is 0 Å². The maximum absolute atomic E-state index is 5.85. The summed E-state index contributed by atoms with van der Waals surface area (Å²) in [5, 5.41) is 3.51. The molecular formula is C16H20N4O. The van der Waals surface area contributed by atoms with Crippen molar-refractivity contribution in [1.29, 1.82) is 0 Å². The van der Waals surface area contributed by atoms with E-state index < -0.39 is 0 Å². The van der Waals surface area contributed by atoms with Crippen LogP contribution in [-0.4, -0.2) is 16.6 Å². The Balaban J connectivity index is 1.85. The lowest BCUT2D eigenvalue weighted by molar-refractivity contribution is 0.324. The van der Waals surface area contributed by atoms with E-state index in [9.17, 15) is 0 Å². The second-order valence-electron chi connectivity index (χ2n) is 5.28. The van der Waals surface area contributed by atoms with Crippen LogP contribution in [0.1, 0.15) is 36.1 Å². The SMILES string of the molecule is CCOc1ncnc(NC2CCc3cc(N)ccc32)c1C. The van der Waals surface area contributed by atoms with Crippen molar-refractivity contribution in [2.75, 3.05) is 17.7 Å². The molecule has 1 aromatic heterocycles. The molecule has 3 N–H and O–H groups in total. The van der Waals surface area contributed by atoms with Crippen LogP contribution in [-0.2, 0) is 6.42 Å². The molecule has 21 heavy (non-hydrogen) atoms. The van der Waals surface area contributed by atoms with Gasteiger partial charge in [0.15, 0.2) is 0 Å². The van der Waals surface area contributed by atoms with E-state index in [1.54, 1.807) is 6.33 Å². The molecule has 2 aromatic rings. The number of hydrogen-bond acceptors (Lipinski definition) is 5. The molecule has 5 heteroatoms. The van der Waals surface area contributed by atoms with Crippen molar-refractivity contribution < 1.29 is 4.74 Å². The van der Waals surface area contributed by atoms with E-state index in [-0.39, 0.29) is 6.04 Å². The molecule has 3 rings (SSSR count). The van der Waals surface area contributed by atoms with Gasteiger partial charge in [-0.1, -0.05) is 6.07 Å². The van der Waals surface area contributed by atoms with Gasteiger partial charge in [-0.05, 0) is 49.9 Å². The van der Waals surface area contributed by atoms with Crippen LogP contribution < -0.4 is 15.8 Å². The minimum Gasteiger partial charge on any atom is -0.478 e. The summed E-state index contributed by atoms with van der Waals surface area (Å²) in [6.45, 7) is 4.53. The third-order valence-corrected chi connectivity index (χ3v) is 3.87. The molecule has 1 atom stereocenters. The van der Waals surface area contributed by atoms with Crippen molar-refractivity contribution >= 4 is 11.5 Å². The number of aryl methyl sites for hydroxylation is 1. The number of aromatic nitrogens is 2. The minimum atomic E-state index is 0.267. The molecule has 0 saturated carbocycles. The Bertz CT molecular complexity index is 657. The predicted octanol–water partition coefficient (Wildman–Crippen LogP) is 2.87. The number of fused-ring (bicyclic) bond motifs is 1. The maximum atomic E-state index is 5.85. The predicted molar refractivity (Wildman–Crippen MR) is 83.5 cm³/mol. The molecule has 1 heterocycles. The second-order valence-corrected chi connectivity index (χ2v) is 5.28. The molecule has 1 aromatic carbocycles. The highest BCUT2D eigenvalue weighted by Gasteiger charge is 2.23. The normalized spacial score (nSPS) is 16.6. The molecule has 0 fully saturated rings. The van der Waals surface area contributed by atoms with Gasteiger partial charge < -0.3 is 15.8 Å². The topological polar surface area (TPSA) is 73.1 Å². The van der Waals surface area contributed by atoms with Crippen molar-refractivity contribution in [1.82, 2.24) is 9.97 Å². The number of anilines is 2. The van der Waals surface area contributed by atoms with E-state index in [1.807, 2.05) is 19.9 Å². The van der Waals surface area contributed by atoms with Gasteiger partial charge in [-0.15, -0.1) is 0 Å². The van der Waals surface area contributed by atoms with Crippen LogP contribution in [0.2, 0.25) is 0 Å². The first-order chi connectivity index (χ1) is 10.2. The fourth-order valence-corrected chi connectivity index (χ4v) is 2.81. The van der Waals surface area contributed by atoms with Crippen LogP contribution in [0, 0.1) is 6.92 Å². The summed E-state index contributed by atoms with van der Waals surface area (Å²) in [5.74, 6) is 1.48. The summed E-state index contributed by atoms with van der Waals surface area (Å²) in [6.07, 6.45) is 3.63. The first-order valence-corrected chi connectivity index (χ1v) is 7.28. The summed E-state index contributed by atoms with van der Waals surface area (Å²) >= 11 is 0. The van der Waals surface area contributed by atoms with Crippen molar-refractivity contribution in [2.24, 2.45) is 0 Å². The maximum Gasteiger partial charge on any atom is 0.221 e. The average molecular weight is 284 g/mol. The van der Waals surface area contributed by atoms with E-state index in [0.717, 1.165) is 29.9 Å². The van der Waals surface area contributed by atoms with Gasteiger partial charge in [0.2, 0.25) is 5.88 Å². The van der Waals surface area contributed by atoms with E-state index in [1.165, 1.54) is 11.1 Å². The minimum absolute atomic E-state index is 0.267. The van der Waals surface area contributed by atoms with Gasteiger partial charge in [-0.25, -0.2) is 9.97 Å². The van der Waals surface area contributed by atoms with Gasteiger partial charge >= 0.3 is 0 Å². The van der Waals surface area contributed by atoms with Gasteiger partial charge in [0.05, 0.1) is 18.2 Å². The number of benzene rings is 1. The number of rotatable bonds is 4. The Morgan fingerprint density at radius 2 is 2.24 bits per heavy atom. The van der Waals surface area contributed by atoms with E-state index in [0.29, 0.717) is 12.5 Å². The summed E-state index contributed by atoms with van der Waals surface area (Å²) < 4.78 is 5.52. The molecule has 110 valence electrons. The lowest BCUT2D eigenvalue weighted by Crippen LogP contribution is -2.11. The zero-order valence-electron chi connectivity index (χ0n) is 12.4. The number of nitrogen functional groups attached to an aromatic ring is 1. The number of ether oxygens (including phenoxy) is 1. The molecule has 0 radical (unpaired) electrons. The first kappa shape index (κ1) is 13.7. The third-order valence-electron chi connectivity index (χ3n) is 3.87. The molecule has 5 nitrogen and oxygen atoms in total. The Hall–Kier alpha value is -2.30. The number of nitrogens with two attached hydrogens (primary N) is 1. The van der Waals surface area contributed by atoms with Crippen LogP contribution >= 0.6 is 0 Å². The lowest BCUT2D eigenvalue weighted by Gasteiger charge is -2.17. The summed E-state index contributed by atoms with van der Waals surface area (Å²) in [4.78, 5) is 8.52. The van der Waals surface area contributed by atoms with Crippen molar-refractivity contribution in [2.45, 2.75) is 32.7 Å². The Labute approximate surface area is 124 Å². The van der Waals surface area contributed by atoms with Crippen LogP contribution in [0.25, 0.3) is 0 Å². The number of nitrogens with one attached hydrogen (secondary N) is 1. The van der Waals surface area contributed by atoms with Gasteiger partial charge in [0, 0.05) is 5.69 Å². The molecule has 1 aliphatic rings. The molecule has 0 spiro atoms. The molecule has 0 aliphatic heterocycles. The zero-order valence-corrected chi connectivity index (χ0v) is 12.4. The Morgan fingerprint density at radius 1 is 1.38 bits per heavy atom. The highest BCUT2D eigenvalue weighted by molar-refractivity contribution is 5.53. The first-order valence-electron chi connectivity index (χ1n) is 7.28. The van der Waals surface area contributed by atoms with Gasteiger partial charge in [0.1, 0.15) is 12.1 Å². The van der Waals surface area contributed by atoms with Crippen LogP contribution in [0.5, 0.6) is 5.88 Å². The van der Waals surface area contributed by atoms with Crippen molar-refractivity contribution in [3.8, 4) is 5.88 Å². The lowest BCUT2D eigenvalue weighted by atomic mass is 10.1. The van der Waals surface area contributed by atoms with E-state index in [4.69, 9.17) is 10.5 Å². The van der Waals surface area contributed by atoms with Gasteiger partial charge in [-0.3, -0.25) is 0 Å². The fraction of sp³-hybridized carbons (Fsp3) is 0.375. The Morgan fingerprint density at radius 3 is 3.05 bits per heavy atom. The van der Waals surface area contributed by atoms with Crippen molar-refractivity contribution in [3.05, 3.63) is 41.2 Å². The largest absolute Gasteiger partial charge is 0.478 e. The second kappa shape index (κ2) is 5.60. The average Bonchev–Trinajstić information content (AvgIpc) is 2.85. The van der Waals surface area contributed by atoms with E-state index >= 15 is 0 Å². The van der Waals surface area contributed by atoms with Crippen LogP contribution in [0.4, 0.5) is 11.5 Å². The third kappa shape index (κ3) is 2.63. The molecule has 0 amide bonds. The molecule has 0 saturated heterocycles. The highest BCUT2D eigenvalue weighted by Crippen LogP contribution is 2.35. The molecule has 1 unspecified atom stereocenters. The van der Waals surface area contributed by atoms with E-state index in [2.05, 4.69) is 27.4 Å². The number of nitrogens with zero attached hydrogens (tertiary/aromatic N) is 2. The fourth-order valence-electron chi connectivity index (χ4n) is 2.81.